The third-order valence-electron chi connectivity index (χ3n) is 3.61. The second-order valence-corrected chi connectivity index (χ2v) is 5.75. The molecule has 1 aromatic carbocycles. The number of halogens is 2. The van der Waals surface area contributed by atoms with Gasteiger partial charge in [-0.1, -0.05) is 12.8 Å². The number of benzene rings is 1. The number of hydrogen-bond donors (Lipinski definition) is 1. The van der Waals surface area contributed by atoms with Crippen molar-refractivity contribution in [3.8, 4) is 0 Å². The minimum absolute atomic E-state index is 0.0725. The summed E-state index contributed by atoms with van der Waals surface area (Å²) in [5, 5.41) is 20.7. The van der Waals surface area contributed by atoms with Crippen LogP contribution in [-0.4, -0.2) is 29.2 Å². The molecule has 0 bridgehead atoms. The van der Waals surface area contributed by atoms with Gasteiger partial charge in [0.1, 0.15) is 11.5 Å². The van der Waals surface area contributed by atoms with E-state index in [1.54, 1.807) is 4.90 Å². The zero-order valence-corrected chi connectivity index (χ0v) is 12.5. The topological polar surface area (TPSA) is 66.6 Å². The lowest BCUT2D eigenvalue weighted by atomic mass is 10.1. The Kier molecular flexibility index (Phi) is 4.93. The Balaban J connectivity index is 2.47. The van der Waals surface area contributed by atoms with Gasteiger partial charge >= 0.3 is 0 Å². The summed E-state index contributed by atoms with van der Waals surface area (Å²) in [5.41, 5.74) is 0.107. The molecule has 1 fully saturated rings. The molecule has 0 aromatic heterocycles. The molecule has 1 atom stereocenters. The number of nitro benzene ring substituents is 1. The molecule has 5 nitrogen and oxygen atoms in total. The Morgan fingerprint density at radius 1 is 1.45 bits per heavy atom. The predicted octanol–water partition coefficient (Wildman–Crippen LogP) is 3.24. The standard InChI is InChI=1S/C13H16BrFN2O3/c14-10-6-13(17(19)20)12(7-11(10)15)16-5-3-1-2-4-9(16)8-18/h6-7,9,18H,1-5,8H2. The van der Waals surface area contributed by atoms with Gasteiger partial charge in [-0.25, -0.2) is 4.39 Å². The van der Waals surface area contributed by atoms with Crippen molar-refractivity contribution in [1.82, 2.24) is 0 Å². The van der Waals surface area contributed by atoms with E-state index in [4.69, 9.17) is 0 Å². The van der Waals surface area contributed by atoms with Crippen LogP contribution in [0.3, 0.4) is 0 Å². The Morgan fingerprint density at radius 3 is 2.85 bits per heavy atom. The Morgan fingerprint density at radius 2 is 2.20 bits per heavy atom. The fourth-order valence-electron chi connectivity index (χ4n) is 2.59. The number of hydrogen-bond acceptors (Lipinski definition) is 4. The molecule has 1 aromatic rings. The highest BCUT2D eigenvalue weighted by molar-refractivity contribution is 9.10. The Hall–Kier alpha value is -1.21. The van der Waals surface area contributed by atoms with Crippen LogP contribution in [0.15, 0.2) is 16.6 Å². The van der Waals surface area contributed by atoms with Crippen molar-refractivity contribution in [2.75, 3.05) is 18.1 Å². The average Bonchev–Trinajstić information content (AvgIpc) is 2.66. The summed E-state index contributed by atoms with van der Waals surface area (Å²) in [5.74, 6) is -0.536. The van der Waals surface area contributed by atoms with Crippen molar-refractivity contribution in [2.45, 2.75) is 31.7 Å². The number of nitro groups is 1. The van der Waals surface area contributed by atoms with Crippen molar-refractivity contribution in [3.63, 3.8) is 0 Å². The van der Waals surface area contributed by atoms with Crippen LogP contribution in [0.4, 0.5) is 15.8 Å². The number of aliphatic hydroxyl groups is 1. The highest BCUT2D eigenvalue weighted by Crippen LogP contribution is 2.36. The monoisotopic (exact) mass is 346 g/mol. The first-order valence-electron chi connectivity index (χ1n) is 6.55. The maximum Gasteiger partial charge on any atom is 0.293 e. The van der Waals surface area contributed by atoms with Gasteiger partial charge in [-0.2, -0.15) is 0 Å². The van der Waals surface area contributed by atoms with Crippen molar-refractivity contribution in [3.05, 3.63) is 32.5 Å². The minimum atomic E-state index is -0.536. The van der Waals surface area contributed by atoms with Crippen molar-refractivity contribution in [2.24, 2.45) is 0 Å². The summed E-state index contributed by atoms with van der Waals surface area (Å²) in [7, 11) is 0. The normalized spacial score (nSPS) is 19.8. The minimum Gasteiger partial charge on any atom is -0.394 e. The molecule has 1 aliphatic heterocycles. The molecule has 1 saturated heterocycles. The number of nitrogens with zero attached hydrogens (tertiary/aromatic N) is 2. The van der Waals surface area contributed by atoms with Crippen LogP contribution in [0, 0.1) is 15.9 Å². The van der Waals surface area contributed by atoms with E-state index in [0.717, 1.165) is 25.7 Å². The maximum atomic E-state index is 13.8. The SMILES string of the molecule is O=[N+]([O-])c1cc(Br)c(F)cc1N1CCCCCC1CO. The van der Waals surface area contributed by atoms with Gasteiger partial charge in [0.2, 0.25) is 0 Å². The fraction of sp³-hybridized carbons (Fsp3) is 0.538. The smallest absolute Gasteiger partial charge is 0.293 e. The van der Waals surface area contributed by atoms with E-state index in [9.17, 15) is 19.6 Å². The van der Waals surface area contributed by atoms with Crippen LogP contribution in [0.5, 0.6) is 0 Å². The van der Waals surface area contributed by atoms with Crippen LogP contribution in [0.2, 0.25) is 0 Å². The fourth-order valence-corrected chi connectivity index (χ4v) is 2.92. The third-order valence-corrected chi connectivity index (χ3v) is 4.22. The molecule has 0 spiro atoms. The first-order valence-corrected chi connectivity index (χ1v) is 7.35. The van der Waals surface area contributed by atoms with Gasteiger partial charge in [0.25, 0.3) is 5.69 Å². The van der Waals surface area contributed by atoms with Crippen LogP contribution in [-0.2, 0) is 0 Å². The highest BCUT2D eigenvalue weighted by Gasteiger charge is 2.28. The molecule has 1 unspecified atom stereocenters. The zero-order chi connectivity index (χ0) is 14.7. The first-order chi connectivity index (χ1) is 9.54. The summed E-state index contributed by atoms with van der Waals surface area (Å²) in [6.45, 7) is 0.502. The third kappa shape index (κ3) is 3.09. The van der Waals surface area contributed by atoms with Gasteiger partial charge in [0.05, 0.1) is 22.0 Å². The lowest BCUT2D eigenvalue weighted by Gasteiger charge is -2.30. The van der Waals surface area contributed by atoms with E-state index < -0.39 is 10.7 Å². The molecule has 1 heterocycles. The van der Waals surface area contributed by atoms with Gasteiger partial charge in [0, 0.05) is 18.7 Å². The summed E-state index contributed by atoms with van der Waals surface area (Å²) in [6, 6.07) is 2.16. The molecule has 1 N–H and O–H groups in total. The largest absolute Gasteiger partial charge is 0.394 e. The van der Waals surface area contributed by atoms with Gasteiger partial charge in [0.15, 0.2) is 0 Å². The van der Waals surface area contributed by atoms with Gasteiger partial charge < -0.3 is 10.0 Å². The van der Waals surface area contributed by atoms with Crippen LogP contribution in [0.25, 0.3) is 0 Å². The molecule has 1 aliphatic rings. The van der Waals surface area contributed by atoms with E-state index in [0.29, 0.717) is 6.54 Å². The van der Waals surface area contributed by atoms with E-state index in [1.807, 2.05) is 0 Å². The first kappa shape index (κ1) is 15.2. The lowest BCUT2D eigenvalue weighted by Crippen LogP contribution is -2.38. The van der Waals surface area contributed by atoms with Crippen molar-refractivity contribution >= 4 is 27.3 Å². The summed E-state index contributed by atoms with van der Waals surface area (Å²) in [4.78, 5) is 12.4. The van der Waals surface area contributed by atoms with E-state index >= 15 is 0 Å². The summed E-state index contributed by atoms with van der Waals surface area (Å²) >= 11 is 2.97. The van der Waals surface area contributed by atoms with Crippen LogP contribution < -0.4 is 4.90 Å². The zero-order valence-electron chi connectivity index (χ0n) is 10.9. The van der Waals surface area contributed by atoms with Crippen LogP contribution >= 0.6 is 15.9 Å². The molecule has 0 saturated carbocycles. The summed E-state index contributed by atoms with van der Waals surface area (Å²) in [6.07, 6.45) is 3.62. The Bertz CT molecular complexity index is 513. The number of anilines is 1. The molecule has 0 aliphatic carbocycles. The molecule has 2 rings (SSSR count). The van der Waals surface area contributed by atoms with Gasteiger partial charge in [-0.3, -0.25) is 10.1 Å². The molecule has 20 heavy (non-hydrogen) atoms. The second kappa shape index (κ2) is 6.49. The van der Waals surface area contributed by atoms with E-state index in [-0.39, 0.29) is 28.5 Å². The molecular weight excluding hydrogens is 331 g/mol. The number of rotatable bonds is 3. The van der Waals surface area contributed by atoms with Crippen LogP contribution in [0.1, 0.15) is 25.7 Å². The molecule has 110 valence electrons. The summed E-state index contributed by atoms with van der Waals surface area (Å²) < 4.78 is 13.8. The predicted molar refractivity (Wildman–Crippen MR) is 77.4 cm³/mol. The molecular formula is C13H16BrFN2O3. The second-order valence-electron chi connectivity index (χ2n) is 4.89. The van der Waals surface area contributed by atoms with E-state index in [2.05, 4.69) is 15.9 Å². The molecule has 0 radical (unpaired) electrons. The average molecular weight is 347 g/mol. The quantitative estimate of drug-likeness (QED) is 0.673. The number of aliphatic hydroxyl groups excluding tert-OH is 1. The van der Waals surface area contributed by atoms with Gasteiger partial charge in [-0.05, 0) is 28.8 Å². The maximum absolute atomic E-state index is 13.8. The molecule has 0 amide bonds. The van der Waals surface area contributed by atoms with E-state index in [1.165, 1.54) is 12.1 Å². The highest BCUT2D eigenvalue weighted by atomic mass is 79.9. The Labute approximate surface area is 124 Å². The van der Waals surface area contributed by atoms with Gasteiger partial charge in [-0.15, -0.1) is 0 Å². The molecule has 7 heteroatoms. The lowest BCUT2D eigenvalue weighted by molar-refractivity contribution is -0.384. The van der Waals surface area contributed by atoms with Crippen molar-refractivity contribution in [1.29, 1.82) is 0 Å². The van der Waals surface area contributed by atoms with Crippen molar-refractivity contribution < 1.29 is 14.4 Å².